The van der Waals surface area contributed by atoms with Gasteiger partial charge in [-0.15, -0.1) is 0 Å². The normalized spacial score (nSPS) is 18.5. The number of carbonyl (C=O) groups is 2. The third-order valence-corrected chi connectivity index (χ3v) is 1.46. The summed E-state index contributed by atoms with van der Waals surface area (Å²) in [6.07, 6.45) is 1.16. The van der Waals surface area contributed by atoms with Gasteiger partial charge in [-0.3, -0.25) is 15.0 Å². The van der Waals surface area contributed by atoms with Crippen molar-refractivity contribution in [3.63, 3.8) is 0 Å². The molecule has 5 heteroatoms. The van der Waals surface area contributed by atoms with Gasteiger partial charge in [-0.1, -0.05) is 0 Å². The van der Waals surface area contributed by atoms with E-state index in [1.807, 2.05) is 0 Å². The highest BCUT2D eigenvalue weighted by Gasteiger charge is 2.18. The molecule has 1 fully saturated rings. The number of nitrogens with zero attached hydrogens (tertiary/aromatic N) is 1. The van der Waals surface area contributed by atoms with Crippen LogP contribution in [0.2, 0.25) is 0 Å². The van der Waals surface area contributed by atoms with E-state index < -0.39 is 5.37 Å². The first-order valence-electron chi connectivity index (χ1n) is 2.96. The second-order valence-corrected chi connectivity index (χ2v) is 2.37. The van der Waals surface area contributed by atoms with Crippen molar-refractivity contribution in [1.29, 1.82) is 0 Å². The zero-order valence-corrected chi connectivity index (χ0v) is 6.02. The Morgan fingerprint density at radius 1 is 1.70 bits per heavy atom. The van der Waals surface area contributed by atoms with Crippen LogP contribution in [0.15, 0.2) is 0 Å². The lowest BCUT2D eigenvalue weighted by molar-refractivity contribution is -0.126. The molecule has 0 atom stereocenters. The lowest BCUT2D eigenvalue weighted by atomic mass is 10.2. The molecule has 1 saturated heterocycles. The Kier molecular flexibility index (Phi) is 2.11. The van der Waals surface area contributed by atoms with Gasteiger partial charge in [0.25, 0.3) is 0 Å². The molecule has 2 amide bonds. The summed E-state index contributed by atoms with van der Waals surface area (Å²) in [4.78, 5) is 21.0. The molecule has 1 rings (SSSR count). The van der Waals surface area contributed by atoms with Gasteiger partial charge in [-0.2, -0.15) is 0 Å². The third-order valence-electron chi connectivity index (χ3n) is 1.26. The van der Waals surface area contributed by atoms with Gasteiger partial charge in [0.05, 0.1) is 0 Å². The van der Waals surface area contributed by atoms with Gasteiger partial charge in [0.15, 0.2) is 0 Å². The Bertz CT molecular complexity index is 169. The average molecular weight is 163 g/mol. The second-order valence-electron chi connectivity index (χ2n) is 2.04. The maximum Gasteiger partial charge on any atom is 0.334 e. The minimum absolute atomic E-state index is 0.153. The summed E-state index contributed by atoms with van der Waals surface area (Å²) in [6, 6.07) is 0. The first-order chi connectivity index (χ1) is 4.70. The van der Waals surface area contributed by atoms with Crippen LogP contribution < -0.4 is 5.43 Å². The SMILES string of the molecule is O=C1CCCN(C(=O)Cl)N1. The lowest BCUT2D eigenvalue weighted by Crippen LogP contribution is -2.47. The Morgan fingerprint density at radius 3 is 2.80 bits per heavy atom. The van der Waals surface area contributed by atoms with Crippen molar-refractivity contribution < 1.29 is 9.59 Å². The number of hydrogen-bond donors (Lipinski definition) is 1. The average Bonchev–Trinajstić information content (AvgIpc) is 1.88. The molecule has 0 bridgehead atoms. The summed E-state index contributed by atoms with van der Waals surface area (Å²) < 4.78 is 0. The highest BCUT2D eigenvalue weighted by Crippen LogP contribution is 2.03. The molecular formula is C5H7ClN2O2. The monoisotopic (exact) mass is 162 g/mol. The molecule has 0 saturated carbocycles. The lowest BCUT2D eigenvalue weighted by Gasteiger charge is -2.24. The van der Waals surface area contributed by atoms with Gasteiger partial charge in [0.1, 0.15) is 0 Å². The topological polar surface area (TPSA) is 49.4 Å². The van der Waals surface area contributed by atoms with Crippen LogP contribution >= 0.6 is 11.6 Å². The molecule has 10 heavy (non-hydrogen) atoms. The summed E-state index contributed by atoms with van der Waals surface area (Å²) in [7, 11) is 0. The molecule has 1 aliphatic rings. The van der Waals surface area contributed by atoms with E-state index in [1.54, 1.807) is 0 Å². The molecule has 4 nitrogen and oxygen atoms in total. The van der Waals surface area contributed by atoms with Crippen molar-refractivity contribution in [2.45, 2.75) is 12.8 Å². The molecule has 0 aliphatic carbocycles. The minimum atomic E-state index is -0.631. The molecule has 0 aromatic heterocycles. The highest BCUT2D eigenvalue weighted by molar-refractivity contribution is 6.62. The Labute approximate surface area is 63.1 Å². The Balaban J connectivity index is 2.47. The quantitative estimate of drug-likeness (QED) is 0.416. The largest absolute Gasteiger partial charge is 0.334 e. The Hall–Kier alpha value is -0.770. The number of nitrogens with one attached hydrogen (secondary N) is 1. The van der Waals surface area contributed by atoms with Crippen molar-refractivity contribution in [1.82, 2.24) is 10.4 Å². The van der Waals surface area contributed by atoms with Gasteiger partial charge >= 0.3 is 5.37 Å². The van der Waals surface area contributed by atoms with Crippen LogP contribution in [0.1, 0.15) is 12.8 Å². The highest BCUT2D eigenvalue weighted by atomic mass is 35.5. The van der Waals surface area contributed by atoms with Crippen LogP contribution in [0.5, 0.6) is 0 Å². The fraction of sp³-hybridized carbons (Fsp3) is 0.600. The molecule has 0 spiro atoms. The first-order valence-corrected chi connectivity index (χ1v) is 3.34. The van der Waals surface area contributed by atoms with Gasteiger partial charge in [0.2, 0.25) is 5.91 Å². The van der Waals surface area contributed by atoms with Crippen molar-refractivity contribution in [3.05, 3.63) is 0 Å². The predicted molar refractivity (Wildman–Crippen MR) is 35.3 cm³/mol. The smallest absolute Gasteiger partial charge is 0.273 e. The first kappa shape index (κ1) is 7.34. The summed E-state index contributed by atoms with van der Waals surface area (Å²) in [5, 5.41) is 0.473. The molecule has 0 aromatic carbocycles. The van der Waals surface area contributed by atoms with Gasteiger partial charge in [0, 0.05) is 13.0 Å². The molecule has 0 aromatic rings. The number of hydrogen-bond acceptors (Lipinski definition) is 2. The van der Waals surface area contributed by atoms with Gasteiger partial charge in [-0.25, -0.2) is 5.01 Å². The van der Waals surface area contributed by atoms with E-state index in [4.69, 9.17) is 11.6 Å². The van der Waals surface area contributed by atoms with E-state index >= 15 is 0 Å². The van der Waals surface area contributed by atoms with E-state index in [-0.39, 0.29) is 5.91 Å². The van der Waals surface area contributed by atoms with Gasteiger partial charge in [-0.05, 0) is 18.0 Å². The number of rotatable bonds is 0. The molecule has 1 N–H and O–H groups in total. The number of halogens is 1. The van der Waals surface area contributed by atoms with Crippen molar-refractivity contribution in [3.8, 4) is 0 Å². The standard InChI is InChI=1S/C5H7ClN2O2/c6-5(10)8-3-1-2-4(9)7-8/h1-3H2,(H,7,9). The fourth-order valence-corrected chi connectivity index (χ4v) is 0.919. The third kappa shape index (κ3) is 1.60. The molecule has 56 valence electrons. The maximum atomic E-state index is 10.6. The van der Waals surface area contributed by atoms with E-state index in [2.05, 4.69) is 5.43 Å². The number of amides is 2. The van der Waals surface area contributed by atoms with E-state index in [9.17, 15) is 9.59 Å². The fourth-order valence-electron chi connectivity index (χ4n) is 0.792. The van der Waals surface area contributed by atoms with Gasteiger partial charge < -0.3 is 0 Å². The van der Waals surface area contributed by atoms with E-state index in [1.165, 1.54) is 0 Å². The second kappa shape index (κ2) is 2.88. The van der Waals surface area contributed by atoms with Crippen LogP contribution in [0, 0.1) is 0 Å². The van der Waals surface area contributed by atoms with Crippen molar-refractivity contribution in [2.24, 2.45) is 0 Å². The predicted octanol–water partition coefficient (Wildman–Crippen LogP) is 0.472. The van der Waals surface area contributed by atoms with Crippen LogP contribution in [-0.2, 0) is 4.79 Å². The van der Waals surface area contributed by atoms with Crippen LogP contribution in [-0.4, -0.2) is 22.8 Å². The summed E-state index contributed by atoms with van der Waals surface area (Å²) in [5.74, 6) is -0.153. The number of hydrazine groups is 1. The molecule has 0 unspecified atom stereocenters. The molecule has 1 heterocycles. The van der Waals surface area contributed by atoms with E-state index in [0.29, 0.717) is 19.4 Å². The molecule has 0 radical (unpaired) electrons. The zero-order valence-electron chi connectivity index (χ0n) is 5.26. The Morgan fingerprint density at radius 2 is 2.40 bits per heavy atom. The van der Waals surface area contributed by atoms with Crippen molar-refractivity contribution >= 4 is 22.9 Å². The molecule has 1 aliphatic heterocycles. The summed E-state index contributed by atoms with van der Waals surface area (Å²) in [5.41, 5.74) is 2.33. The van der Waals surface area contributed by atoms with Crippen LogP contribution in [0.3, 0.4) is 0 Å². The summed E-state index contributed by atoms with van der Waals surface area (Å²) in [6.45, 7) is 0.508. The van der Waals surface area contributed by atoms with Crippen LogP contribution in [0.4, 0.5) is 4.79 Å². The van der Waals surface area contributed by atoms with Crippen LogP contribution in [0.25, 0.3) is 0 Å². The van der Waals surface area contributed by atoms with E-state index in [0.717, 1.165) is 5.01 Å². The number of carbonyl (C=O) groups excluding carboxylic acids is 2. The summed E-state index contributed by atoms with van der Waals surface area (Å²) >= 11 is 5.09. The molecular weight excluding hydrogens is 156 g/mol. The minimum Gasteiger partial charge on any atom is -0.273 e. The van der Waals surface area contributed by atoms with Crippen molar-refractivity contribution in [2.75, 3.05) is 6.54 Å². The maximum absolute atomic E-state index is 10.6. The zero-order chi connectivity index (χ0) is 7.56.